The highest BCUT2D eigenvalue weighted by atomic mass is 19.3. The fourth-order valence-electron chi connectivity index (χ4n) is 3.25. The van der Waals surface area contributed by atoms with Crippen molar-refractivity contribution < 1.29 is 27.8 Å². The summed E-state index contributed by atoms with van der Waals surface area (Å²) in [5.41, 5.74) is 0. The van der Waals surface area contributed by atoms with Crippen molar-refractivity contribution in [1.82, 2.24) is 0 Å². The smallest absolute Gasteiger partial charge is 0.374 e. The van der Waals surface area contributed by atoms with Crippen molar-refractivity contribution in [3.8, 4) is 0 Å². The first-order valence-electron chi connectivity index (χ1n) is 5.27. The van der Waals surface area contributed by atoms with Gasteiger partial charge in [0.05, 0.1) is 5.92 Å². The van der Waals surface area contributed by atoms with E-state index in [9.17, 15) is 18.4 Å². The molecule has 3 rings (SSSR count). The second kappa shape index (κ2) is 3.15. The first-order chi connectivity index (χ1) is 7.58. The summed E-state index contributed by atoms with van der Waals surface area (Å²) in [5, 5.41) is 0. The highest BCUT2D eigenvalue weighted by Crippen LogP contribution is 2.55. The second-order valence-electron chi connectivity index (χ2n) is 4.61. The molecule has 5 atom stereocenters. The number of rotatable bonds is 2. The predicted octanol–water partition coefficient (Wildman–Crippen LogP) is 0.745. The van der Waals surface area contributed by atoms with Gasteiger partial charge < -0.3 is 9.47 Å². The van der Waals surface area contributed by atoms with Crippen molar-refractivity contribution in [3.05, 3.63) is 0 Å². The van der Waals surface area contributed by atoms with Crippen LogP contribution in [0, 0.1) is 17.8 Å². The van der Waals surface area contributed by atoms with Gasteiger partial charge in [-0.25, -0.2) is 4.79 Å². The third-order valence-electron chi connectivity index (χ3n) is 3.84. The van der Waals surface area contributed by atoms with E-state index in [1.807, 2.05) is 0 Å². The molecule has 1 aliphatic heterocycles. The van der Waals surface area contributed by atoms with E-state index in [0.717, 1.165) is 6.42 Å². The highest BCUT2D eigenvalue weighted by molar-refractivity contribution is 5.77. The number of hydrogen-bond acceptors (Lipinski definition) is 4. The SMILES string of the molecule is O=C(OC1C2CC3C(=O)OC1C3C2)C(F)F. The number of halogens is 2. The topological polar surface area (TPSA) is 52.6 Å². The van der Waals surface area contributed by atoms with Crippen molar-refractivity contribution >= 4 is 11.9 Å². The number of carbonyl (C=O) groups is 2. The molecular formula is C10H10F2O4. The van der Waals surface area contributed by atoms with Crippen LogP contribution in [-0.2, 0) is 19.1 Å². The maximum absolute atomic E-state index is 12.1. The first kappa shape index (κ1) is 9.99. The molecule has 0 aromatic rings. The Labute approximate surface area is 89.9 Å². The van der Waals surface area contributed by atoms with Crippen LogP contribution in [-0.4, -0.2) is 30.6 Å². The molecule has 4 nitrogen and oxygen atoms in total. The molecule has 2 bridgehead atoms. The molecule has 5 unspecified atom stereocenters. The number of hydrogen-bond donors (Lipinski definition) is 0. The van der Waals surface area contributed by atoms with E-state index in [1.54, 1.807) is 0 Å². The Balaban J connectivity index is 1.75. The van der Waals surface area contributed by atoms with Crippen LogP contribution in [0.4, 0.5) is 8.78 Å². The Kier molecular flexibility index (Phi) is 1.96. The van der Waals surface area contributed by atoms with Crippen LogP contribution in [0.3, 0.4) is 0 Å². The van der Waals surface area contributed by atoms with Gasteiger partial charge in [-0.15, -0.1) is 0 Å². The summed E-state index contributed by atoms with van der Waals surface area (Å²) >= 11 is 0. The van der Waals surface area contributed by atoms with Crippen LogP contribution in [0.5, 0.6) is 0 Å². The Morgan fingerprint density at radius 1 is 1.44 bits per heavy atom. The summed E-state index contributed by atoms with van der Waals surface area (Å²) in [6.45, 7) is 0. The third kappa shape index (κ3) is 1.18. The maximum atomic E-state index is 12.1. The van der Waals surface area contributed by atoms with Gasteiger partial charge in [0.25, 0.3) is 0 Å². The molecule has 0 spiro atoms. The standard InChI is InChI=1S/C10H10F2O4/c11-8(12)10(14)15-6-3-1-4-5(2-3)9(13)16-7(4)6/h3-8H,1-2H2. The van der Waals surface area contributed by atoms with E-state index >= 15 is 0 Å². The van der Waals surface area contributed by atoms with Gasteiger partial charge in [-0.1, -0.05) is 0 Å². The zero-order valence-corrected chi connectivity index (χ0v) is 8.27. The molecule has 2 saturated carbocycles. The monoisotopic (exact) mass is 232 g/mol. The lowest BCUT2D eigenvalue weighted by Gasteiger charge is -2.24. The summed E-state index contributed by atoms with van der Waals surface area (Å²) in [6, 6.07) is 0. The lowest BCUT2D eigenvalue weighted by molar-refractivity contribution is -0.172. The molecule has 1 heterocycles. The molecule has 0 N–H and O–H groups in total. The van der Waals surface area contributed by atoms with Crippen molar-refractivity contribution in [2.45, 2.75) is 31.5 Å². The maximum Gasteiger partial charge on any atom is 0.374 e. The fraction of sp³-hybridized carbons (Fsp3) is 0.800. The van der Waals surface area contributed by atoms with E-state index in [4.69, 9.17) is 9.47 Å². The van der Waals surface area contributed by atoms with E-state index in [1.165, 1.54) is 0 Å². The van der Waals surface area contributed by atoms with Gasteiger partial charge >= 0.3 is 18.4 Å². The second-order valence-corrected chi connectivity index (χ2v) is 4.61. The van der Waals surface area contributed by atoms with Crippen molar-refractivity contribution in [2.75, 3.05) is 0 Å². The summed E-state index contributed by atoms with van der Waals surface area (Å²) in [6.07, 6.45) is -2.93. The van der Waals surface area contributed by atoms with Crippen molar-refractivity contribution in [2.24, 2.45) is 17.8 Å². The van der Waals surface area contributed by atoms with E-state index < -0.39 is 24.6 Å². The van der Waals surface area contributed by atoms with Gasteiger partial charge in [-0.3, -0.25) is 4.79 Å². The van der Waals surface area contributed by atoms with E-state index in [2.05, 4.69) is 0 Å². The summed E-state index contributed by atoms with van der Waals surface area (Å²) in [4.78, 5) is 22.2. The minimum Gasteiger partial charge on any atom is -0.458 e. The van der Waals surface area contributed by atoms with Crippen LogP contribution in [0.1, 0.15) is 12.8 Å². The van der Waals surface area contributed by atoms with E-state index in [0.29, 0.717) is 6.42 Å². The molecule has 0 radical (unpaired) electrons. The van der Waals surface area contributed by atoms with Crippen LogP contribution in [0.2, 0.25) is 0 Å². The number of esters is 2. The largest absolute Gasteiger partial charge is 0.458 e. The average Bonchev–Trinajstić information content (AvgIpc) is 2.81. The number of alkyl halides is 2. The molecule has 88 valence electrons. The number of ether oxygens (including phenoxy) is 2. The van der Waals surface area contributed by atoms with Crippen LogP contribution >= 0.6 is 0 Å². The zero-order chi connectivity index (χ0) is 11.4. The van der Waals surface area contributed by atoms with Gasteiger partial charge in [-0.2, -0.15) is 8.78 Å². The minimum absolute atomic E-state index is 0.00847. The molecule has 0 amide bonds. The van der Waals surface area contributed by atoms with Gasteiger partial charge in [0.15, 0.2) is 0 Å². The Morgan fingerprint density at radius 2 is 2.19 bits per heavy atom. The molecule has 3 fully saturated rings. The summed E-state index contributed by atoms with van der Waals surface area (Å²) < 4.78 is 33.9. The van der Waals surface area contributed by atoms with Crippen LogP contribution in [0.15, 0.2) is 0 Å². The van der Waals surface area contributed by atoms with Crippen LogP contribution < -0.4 is 0 Å². The third-order valence-corrected chi connectivity index (χ3v) is 3.84. The highest BCUT2D eigenvalue weighted by Gasteiger charge is 2.63. The molecule has 3 aliphatic rings. The lowest BCUT2D eigenvalue weighted by Crippen LogP contribution is -2.37. The zero-order valence-electron chi connectivity index (χ0n) is 8.27. The Bertz CT molecular complexity index is 357. The first-order valence-corrected chi connectivity index (χ1v) is 5.27. The molecular weight excluding hydrogens is 222 g/mol. The number of fused-ring (bicyclic) bond motifs is 1. The number of carbonyl (C=O) groups excluding carboxylic acids is 2. The molecule has 1 saturated heterocycles. The quantitative estimate of drug-likeness (QED) is 0.659. The molecule has 0 aromatic carbocycles. The fourth-order valence-corrected chi connectivity index (χ4v) is 3.25. The normalized spacial score (nSPS) is 43.9. The minimum atomic E-state index is -3.12. The molecule has 16 heavy (non-hydrogen) atoms. The van der Waals surface area contributed by atoms with E-state index in [-0.39, 0.29) is 23.7 Å². The van der Waals surface area contributed by atoms with Crippen molar-refractivity contribution in [1.29, 1.82) is 0 Å². The Hall–Kier alpha value is -1.20. The molecule has 2 aliphatic carbocycles. The van der Waals surface area contributed by atoms with Gasteiger partial charge in [0, 0.05) is 11.8 Å². The predicted molar refractivity (Wildman–Crippen MR) is 45.5 cm³/mol. The van der Waals surface area contributed by atoms with Gasteiger partial charge in [0.1, 0.15) is 12.2 Å². The van der Waals surface area contributed by atoms with Crippen LogP contribution in [0.25, 0.3) is 0 Å². The molecule has 6 heteroatoms. The van der Waals surface area contributed by atoms with Crippen molar-refractivity contribution in [3.63, 3.8) is 0 Å². The van der Waals surface area contributed by atoms with Gasteiger partial charge in [0.2, 0.25) is 0 Å². The summed E-state index contributed by atoms with van der Waals surface area (Å²) in [5.74, 6) is -1.82. The molecule has 0 aromatic heterocycles. The lowest BCUT2D eigenvalue weighted by atomic mass is 9.88. The summed E-state index contributed by atoms with van der Waals surface area (Å²) in [7, 11) is 0. The Morgan fingerprint density at radius 3 is 2.88 bits per heavy atom. The van der Waals surface area contributed by atoms with Gasteiger partial charge in [-0.05, 0) is 12.8 Å². The average molecular weight is 232 g/mol.